The number of rotatable bonds is 3. The molecule has 1 aromatic carbocycles. The molecule has 23 heavy (non-hydrogen) atoms. The lowest BCUT2D eigenvalue weighted by molar-refractivity contribution is -0.341. The summed E-state index contributed by atoms with van der Waals surface area (Å²) in [7, 11) is 1.46. The van der Waals surface area contributed by atoms with Crippen molar-refractivity contribution in [3.05, 3.63) is 35.9 Å². The van der Waals surface area contributed by atoms with Gasteiger partial charge in [-0.2, -0.15) is 0 Å². The van der Waals surface area contributed by atoms with Gasteiger partial charge in [-0.15, -0.1) is 0 Å². The Morgan fingerprint density at radius 1 is 1.30 bits per heavy atom. The molecule has 1 aromatic rings. The summed E-state index contributed by atoms with van der Waals surface area (Å²) >= 11 is 0. The smallest absolute Gasteiger partial charge is 0.217 e. The van der Waals surface area contributed by atoms with Crippen molar-refractivity contribution in [1.82, 2.24) is 5.32 Å². The van der Waals surface area contributed by atoms with Crippen LogP contribution >= 0.6 is 0 Å². The standard InChI is InChI=1S/C16H21NO6/c1-9(18)17-12-13(19)14-11(22-16(12)20-2)8-21-15(23-14)10-6-4-3-5-7-10/h3-7,11-16,19H,8H2,1-2H3,(H,17,18). The molecular formula is C16H21NO6. The maximum atomic E-state index is 11.4. The fraction of sp³-hybridized carbons (Fsp3) is 0.562. The molecule has 0 spiro atoms. The Labute approximate surface area is 134 Å². The highest BCUT2D eigenvalue weighted by Gasteiger charge is 2.49. The molecule has 1 amide bonds. The molecule has 7 heteroatoms. The predicted octanol–water partition coefficient (Wildman–Crippen LogP) is 0.337. The number of amides is 1. The first-order valence-corrected chi connectivity index (χ1v) is 7.55. The Kier molecular flexibility index (Phi) is 4.93. The molecule has 126 valence electrons. The van der Waals surface area contributed by atoms with E-state index in [1.807, 2.05) is 30.3 Å². The Bertz CT molecular complexity index is 539. The Balaban J connectivity index is 1.76. The minimum Gasteiger partial charge on any atom is -0.388 e. The van der Waals surface area contributed by atoms with E-state index in [2.05, 4.69) is 5.32 Å². The van der Waals surface area contributed by atoms with Crippen molar-refractivity contribution in [2.75, 3.05) is 13.7 Å². The molecule has 6 unspecified atom stereocenters. The van der Waals surface area contributed by atoms with Crippen molar-refractivity contribution in [2.24, 2.45) is 0 Å². The van der Waals surface area contributed by atoms with Crippen LogP contribution in [0.4, 0.5) is 0 Å². The van der Waals surface area contributed by atoms with Crippen molar-refractivity contribution >= 4 is 5.91 Å². The van der Waals surface area contributed by atoms with E-state index in [1.54, 1.807) is 0 Å². The third kappa shape index (κ3) is 3.39. The van der Waals surface area contributed by atoms with Crippen LogP contribution in [0.2, 0.25) is 0 Å². The molecule has 0 aliphatic carbocycles. The minimum absolute atomic E-state index is 0.272. The zero-order valence-electron chi connectivity index (χ0n) is 13.0. The number of aliphatic hydroxyl groups is 1. The molecule has 2 saturated heterocycles. The number of benzene rings is 1. The zero-order valence-corrected chi connectivity index (χ0v) is 13.0. The van der Waals surface area contributed by atoms with Crippen LogP contribution in [0.25, 0.3) is 0 Å². The van der Waals surface area contributed by atoms with Crippen LogP contribution in [0.3, 0.4) is 0 Å². The second-order valence-corrected chi connectivity index (χ2v) is 5.67. The van der Waals surface area contributed by atoms with Gasteiger partial charge in [0.05, 0.1) is 6.61 Å². The van der Waals surface area contributed by atoms with Gasteiger partial charge in [0, 0.05) is 19.6 Å². The maximum Gasteiger partial charge on any atom is 0.217 e. The van der Waals surface area contributed by atoms with Gasteiger partial charge >= 0.3 is 0 Å². The molecule has 0 saturated carbocycles. The van der Waals surface area contributed by atoms with Crippen LogP contribution in [0.15, 0.2) is 30.3 Å². The summed E-state index contributed by atoms with van der Waals surface area (Å²) in [6.45, 7) is 1.65. The van der Waals surface area contributed by atoms with Crippen LogP contribution in [0, 0.1) is 0 Å². The third-order valence-electron chi connectivity index (χ3n) is 4.04. The molecule has 2 fully saturated rings. The van der Waals surface area contributed by atoms with Crippen molar-refractivity contribution in [1.29, 1.82) is 0 Å². The Morgan fingerprint density at radius 3 is 2.70 bits per heavy atom. The van der Waals surface area contributed by atoms with E-state index in [0.717, 1.165) is 5.56 Å². The Hall–Kier alpha value is -1.51. The second kappa shape index (κ2) is 6.94. The fourth-order valence-electron chi connectivity index (χ4n) is 2.96. The molecule has 0 bridgehead atoms. The molecule has 2 heterocycles. The van der Waals surface area contributed by atoms with Crippen LogP contribution < -0.4 is 5.32 Å². The molecule has 6 atom stereocenters. The van der Waals surface area contributed by atoms with Gasteiger partial charge in [0.1, 0.15) is 24.4 Å². The quantitative estimate of drug-likeness (QED) is 0.834. The molecule has 3 rings (SSSR count). The van der Waals surface area contributed by atoms with Gasteiger partial charge in [0.2, 0.25) is 5.91 Å². The average Bonchev–Trinajstić information content (AvgIpc) is 2.57. The van der Waals surface area contributed by atoms with E-state index >= 15 is 0 Å². The van der Waals surface area contributed by atoms with Gasteiger partial charge in [0.15, 0.2) is 12.6 Å². The van der Waals surface area contributed by atoms with Crippen molar-refractivity contribution < 1.29 is 28.8 Å². The Morgan fingerprint density at radius 2 is 2.04 bits per heavy atom. The molecule has 7 nitrogen and oxygen atoms in total. The monoisotopic (exact) mass is 323 g/mol. The van der Waals surface area contributed by atoms with Gasteiger partial charge in [-0.05, 0) is 0 Å². The molecule has 2 N–H and O–H groups in total. The van der Waals surface area contributed by atoms with Crippen LogP contribution in [0.1, 0.15) is 18.8 Å². The number of nitrogens with one attached hydrogen (secondary N) is 1. The number of aliphatic hydroxyl groups excluding tert-OH is 1. The minimum atomic E-state index is -0.960. The fourth-order valence-corrected chi connectivity index (χ4v) is 2.96. The molecule has 0 aromatic heterocycles. The van der Waals surface area contributed by atoms with Crippen LogP contribution in [-0.2, 0) is 23.7 Å². The van der Waals surface area contributed by atoms with Crippen molar-refractivity contribution in [3.8, 4) is 0 Å². The average molecular weight is 323 g/mol. The first kappa shape index (κ1) is 16.4. The number of methoxy groups -OCH3 is 1. The highest BCUT2D eigenvalue weighted by Crippen LogP contribution is 2.34. The van der Waals surface area contributed by atoms with Gasteiger partial charge in [-0.1, -0.05) is 30.3 Å². The van der Waals surface area contributed by atoms with Crippen molar-refractivity contribution in [3.63, 3.8) is 0 Å². The number of fused-ring (bicyclic) bond motifs is 1. The van der Waals surface area contributed by atoms with E-state index in [4.69, 9.17) is 18.9 Å². The summed E-state index contributed by atoms with van der Waals surface area (Å²) in [5, 5.41) is 13.3. The summed E-state index contributed by atoms with van der Waals surface area (Å²) in [5.74, 6) is -0.273. The highest BCUT2D eigenvalue weighted by molar-refractivity contribution is 5.73. The lowest BCUT2D eigenvalue weighted by Gasteiger charge is -2.47. The van der Waals surface area contributed by atoms with E-state index in [9.17, 15) is 9.90 Å². The van der Waals surface area contributed by atoms with Crippen LogP contribution in [0.5, 0.6) is 0 Å². The normalized spacial score (nSPS) is 37.0. The summed E-state index contributed by atoms with van der Waals surface area (Å²) in [6.07, 6.45) is -3.36. The summed E-state index contributed by atoms with van der Waals surface area (Å²) in [6, 6.07) is 8.78. The number of ether oxygens (including phenoxy) is 4. The molecular weight excluding hydrogens is 302 g/mol. The summed E-state index contributed by atoms with van der Waals surface area (Å²) in [4.78, 5) is 11.4. The molecule has 2 aliphatic rings. The van der Waals surface area contributed by atoms with E-state index < -0.39 is 36.9 Å². The summed E-state index contributed by atoms with van der Waals surface area (Å²) in [5.41, 5.74) is 0.864. The zero-order chi connectivity index (χ0) is 16.4. The van der Waals surface area contributed by atoms with Crippen molar-refractivity contribution in [2.45, 2.75) is 43.9 Å². The molecule has 0 radical (unpaired) electrons. The third-order valence-corrected chi connectivity index (χ3v) is 4.04. The lowest BCUT2D eigenvalue weighted by atomic mass is 9.95. The second-order valence-electron chi connectivity index (χ2n) is 5.67. The number of hydrogen-bond donors (Lipinski definition) is 2. The van der Waals surface area contributed by atoms with E-state index in [1.165, 1.54) is 14.0 Å². The van der Waals surface area contributed by atoms with E-state index in [0.29, 0.717) is 0 Å². The van der Waals surface area contributed by atoms with E-state index in [-0.39, 0.29) is 12.5 Å². The topological polar surface area (TPSA) is 86.2 Å². The van der Waals surface area contributed by atoms with Gasteiger partial charge < -0.3 is 29.4 Å². The summed E-state index contributed by atoms with van der Waals surface area (Å²) < 4.78 is 22.6. The van der Waals surface area contributed by atoms with Gasteiger partial charge in [-0.3, -0.25) is 4.79 Å². The maximum absolute atomic E-state index is 11.4. The van der Waals surface area contributed by atoms with Gasteiger partial charge in [-0.25, -0.2) is 0 Å². The number of hydrogen-bond acceptors (Lipinski definition) is 6. The first-order valence-electron chi connectivity index (χ1n) is 7.55. The lowest BCUT2D eigenvalue weighted by Crippen LogP contribution is -2.66. The highest BCUT2D eigenvalue weighted by atomic mass is 16.7. The van der Waals surface area contributed by atoms with Crippen LogP contribution in [-0.4, -0.2) is 55.4 Å². The molecule has 2 aliphatic heterocycles. The SMILES string of the molecule is COC1OC2COC(c3ccccc3)OC2C(O)C1NC(C)=O. The van der Waals surface area contributed by atoms with Gasteiger partial charge in [0.25, 0.3) is 0 Å². The number of carbonyl (C=O) groups excluding carboxylic acids is 1. The number of carbonyl (C=O) groups is 1. The largest absolute Gasteiger partial charge is 0.388 e. The predicted molar refractivity (Wildman–Crippen MR) is 79.3 cm³/mol. The first-order chi connectivity index (χ1) is 11.1.